The molecule has 0 N–H and O–H groups in total. The van der Waals surface area contributed by atoms with Crippen LogP contribution in [0.4, 0.5) is 26.3 Å². The molecule has 0 aliphatic rings. The molecule has 11 heteroatoms. The van der Waals surface area contributed by atoms with Crippen LogP contribution in [-0.2, 0) is 26.0 Å². The monoisotopic (exact) mass is 435 g/mol. The van der Waals surface area contributed by atoms with Gasteiger partial charge in [0.1, 0.15) is 12.4 Å². The highest BCUT2D eigenvalue weighted by atomic mass is 35.5. The summed E-state index contributed by atoms with van der Waals surface area (Å²) in [4.78, 5) is 0. The van der Waals surface area contributed by atoms with Crippen LogP contribution in [0.15, 0.2) is 42.5 Å². The number of alkyl halides is 6. The Morgan fingerprint density at radius 3 is 2.28 bits per heavy atom. The van der Waals surface area contributed by atoms with Crippen molar-refractivity contribution in [3.05, 3.63) is 64.4 Å². The van der Waals surface area contributed by atoms with Gasteiger partial charge < -0.3 is 9.30 Å². The number of hydrogen-bond acceptors (Lipinski definition) is 3. The fraction of sp³-hybridized carbons (Fsp3) is 0.222. The van der Waals surface area contributed by atoms with E-state index in [1.807, 2.05) is 0 Å². The molecule has 0 radical (unpaired) electrons. The Bertz CT molecular complexity index is 1030. The van der Waals surface area contributed by atoms with Crippen LogP contribution in [0.2, 0.25) is 5.02 Å². The van der Waals surface area contributed by atoms with Crippen LogP contribution in [0.25, 0.3) is 11.4 Å². The summed E-state index contributed by atoms with van der Waals surface area (Å²) < 4.78 is 84.4. The summed E-state index contributed by atoms with van der Waals surface area (Å²) in [7, 11) is 1.45. The quantitative estimate of drug-likeness (QED) is 0.490. The zero-order valence-electron chi connectivity index (χ0n) is 14.6. The molecule has 0 saturated carbocycles. The van der Waals surface area contributed by atoms with Crippen molar-refractivity contribution in [3.63, 3.8) is 0 Å². The van der Waals surface area contributed by atoms with E-state index in [0.717, 1.165) is 24.3 Å². The molecular weight excluding hydrogens is 424 g/mol. The highest BCUT2D eigenvalue weighted by molar-refractivity contribution is 6.32. The van der Waals surface area contributed by atoms with Gasteiger partial charge in [-0.05, 0) is 24.3 Å². The standard InChI is InChI=1S/C18H12ClF6N3O/c1-28-15(9-29-14-7-6-10(8-13(14)19)17(20,21)22)26-27-16(28)11-4-2-3-5-12(11)18(23,24)25/h2-8H,9H2,1H3. The zero-order chi connectivity index (χ0) is 21.4. The molecule has 0 bridgehead atoms. The number of benzene rings is 2. The first kappa shape index (κ1) is 21.0. The number of nitrogens with zero attached hydrogens (tertiary/aromatic N) is 3. The first-order valence-electron chi connectivity index (χ1n) is 8.03. The molecule has 0 amide bonds. The average Bonchev–Trinajstić information content (AvgIpc) is 2.99. The van der Waals surface area contributed by atoms with Crippen LogP contribution < -0.4 is 4.74 Å². The molecule has 0 unspecified atom stereocenters. The summed E-state index contributed by atoms with van der Waals surface area (Å²) in [6.45, 7) is -0.261. The van der Waals surface area contributed by atoms with Crippen LogP contribution in [0.3, 0.4) is 0 Å². The maximum absolute atomic E-state index is 13.2. The Hall–Kier alpha value is -2.75. The molecule has 0 aliphatic carbocycles. The predicted octanol–water partition coefficient (Wildman–Crippen LogP) is 5.75. The van der Waals surface area contributed by atoms with Gasteiger partial charge in [-0.15, -0.1) is 10.2 Å². The Morgan fingerprint density at radius 2 is 1.66 bits per heavy atom. The molecule has 0 fully saturated rings. The fourth-order valence-corrected chi connectivity index (χ4v) is 2.82. The Balaban J connectivity index is 1.84. The third-order valence-corrected chi connectivity index (χ3v) is 4.35. The molecule has 1 aromatic heterocycles. The minimum absolute atomic E-state index is 0.0279. The first-order valence-corrected chi connectivity index (χ1v) is 8.40. The molecule has 1 heterocycles. The van der Waals surface area contributed by atoms with Gasteiger partial charge in [-0.25, -0.2) is 0 Å². The van der Waals surface area contributed by atoms with E-state index < -0.39 is 23.5 Å². The molecule has 2 aromatic carbocycles. The van der Waals surface area contributed by atoms with Crippen molar-refractivity contribution in [2.45, 2.75) is 19.0 Å². The molecule has 0 aliphatic heterocycles. The van der Waals surface area contributed by atoms with Gasteiger partial charge in [-0.2, -0.15) is 26.3 Å². The van der Waals surface area contributed by atoms with Crippen LogP contribution in [-0.4, -0.2) is 14.8 Å². The lowest BCUT2D eigenvalue weighted by Crippen LogP contribution is -2.10. The molecule has 3 rings (SSSR count). The van der Waals surface area contributed by atoms with E-state index in [4.69, 9.17) is 16.3 Å². The number of aromatic nitrogens is 3. The van der Waals surface area contributed by atoms with E-state index >= 15 is 0 Å². The summed E-state index contributed by atoms with van der Waals surface area (Å²) in [5.41, 5.74) is -1.96. The minimum atomic E-state index is -4.58. The maximum Gasteiger partial charge on any atom is 0.417 e. The SMILES string of the molecule is Cn1c(COc2ccc(C(F)(F)F)cc2Cl)nnc1-c1ccccc1C(F)(F)F. The molecular formula is C18H12ClF6N3O. The van der Waals surface area contributed by atoms with Gasteiger partial charge in [0.25, 0.3) is 0 Å². The molecule has 154 valence electrons. The second-order valence-corrected chi connectivity index (χ2v) is 6.38. The van der Waals surface area contributed by atoms with E-state index in [0.29, 0.717) is 0 Å². The van der Waals surface area contributed by atoms with Crippen molar-refractivity contribution in [1.82, 2.24) is 14.8 Å². The number of hydrogen-bond donors (Lipinski definition) is 0. The smallest absolute Gasteiger partial charge is 0.417 e. The van der Waals surface area contributed by atoms with Crippen molar-refractivity contribution in [2.24, 2.45) is 7.05 Å². The minimum Gasteiger partial charge on any atom is -0.484 e. The summed E-state index contributed by atoms with van der Waals surface area (Å²) in [6, 6.07) is 7.49. The van der Waals surface area contributed by atoms with Gasteiger partial charge in [0.15, 0.2) is 11.6 Å². The van der Waals surface area contributed by atoms with Gasteiger partial charge in [-0.1, -0.05) is 29.8 Å². The molecule has 3 aromatic rings. The van der Waals surface area contributed by atoms with Gasteiger partial charge >= 0.3 is 12.4 Å². The lowest BCUT2D eigenvalue weighted by molar-refractivity contribution is -0.138. The lowest BCUT2D eigenvalue weighted by Gasteiger charge is -2.13. The lowest BCUT2D eigenvalue weighted by atomic mass is 10.1. The summed E-state index contributed by atoms with van der Waals surface area (Å²) in [5.74, 6) is 0.0999. The normalized spacial score (nSPS) is 12.3. The highest BCUT2D eigenvalue weighted by Crippen LogP contribution is 2.37. The van der Waals surface area contributed by atoms with E-state index in [9.17, 15) is 26.3 Å². The topological polar surface area (TPSA) is 39.9 Å². The van der Waals surface area contributed by atoms with Crippen LogP contribution in [0.1, 0.15) is 17.0 Å². The third-order valence-electron chi connectivity index (χ3n) is 4.05. The molecule has 0 saturated heterocycles. The zero-order valence-corrected chi connectivity index (χ0v) is 15.4. The van der Waals surface area contributed by atoms with Crippen molar-refractivity contribution in [1.29, 1.82) is 0 Å². The third kappa shape index (κ3) is 4.47. The van der Waals surface area contributed by atoms with Crippen molar-refractivity contribution in [2.75, 3.05) is 0 Å². The molecule has 0 atom stereocenters. The average molecular weight is 436 g/mol. The van der Waals surface area contributed by atoms with Gasteiger partial charge in [0.05, 0.1) is 16.1 Å². The molecule has 0 spiro atoms. The Labute approximate surface area is 165 Å². The molecule has 4 nitrogen and oxygen atoms in total. The Kier molecular flexibility index (Phi) is 5.48. The first-order chi connectivity index (χ1) is 13.5. The van der Waals surface area contributed by atoms with E-state index in [-0.39, 0.29) is 34.6 Å². The van der Waals surface area contributed by atoms with Gasteiger partial charge in [0, 0.05) is 12.6 Å². The van der Waals surface area contributed by atoms with Crippen LogP contribution in [0.5, 0.6) is 5.75 Å². The highest BCUT2D eigenvalue weighted by Gasteiger charge is 2.34. The second-order valence-electron chi connectivity index (χ2n) is 5.97. The van der Waals surface area contributed by atoms with Gasteiger partial charge in [0.2, 0.25) is 0 Å². The Morgan fingerprint density at radius 1 is 0.966 bits per heavy atom. The van der Waals surface area contributed by atoms with Crippen molar-refractivity contribution < 1.29 is 31.1 Å². The van der Waals surface area contributed by atoms with E-state index in [2.05, 4.69) is 10.2 Å². The summed E-state index contributed by atoms with van der Waals surface area (Å²) in [6.07, 6.45) is -9.13. The second kappa shape index (κ2) is 7.58. The van der Waals surface area contributed by atoms with Crippen LogP contribution >= 0.6 is 11.6 Å². The summed E-state index contributed by atoms with van der Waals surface area (Å²) in [5, 5.41) is 7.35. The maximum atomic E-state index is 13.2. The van der Waals surface area contributed by atoms with Crippen LogP contribution in [0, 0.1) is 0 Å². The van der Waals surface area contributed by atoms with Gasteiger partial charge in [-0.3, -0.25) is 0 Å². The number of halogens is 7. The number of ether oxygens (including phenoxy) is 1. The summed E-state index contributed by atoms with van der Waals surface area (Å²) >= 11 is 5.82. The van der Waals surface area contributed by atoms with E-state index in [1.54, 1.807) is 0 Å². The van der Waals surface area contributed by atoms with Crippen molar-refractivity contribution >= 4 is 11.6 Å². The fourth-order valence-electron chi connectivity index (χ4n) is 2.58. The van der Waals surface area contributed by atoms with Crippen molar-refractivity contribution in [3.8, 4) is 17.1 Å². The predicted molar refractivity (Wildman–Crippen MR) is 92.2 cm³/mol. The number of rotatable bonds is 4. The van der Waals surface area contributed by atoms with E-state index in [1.165, 1.54) is 29.8 Å². The molecule has 29 heavy (non-hydrogen) atoms. The largest absolute Gasteiger partial charge is 0.484 e.